The summed E-state index contributed by atoms with van der Waals surface area (Å²) in [5, 5.41) is 7.55. The molecule has 0 aromatic heterocycles. The number of para-hydroxylation sites is 1. The van der Waals surface area contributed by atoms with Crippen LogP contribution in [0.15, 0.2) is 24.3 Å². The fraction of sp³-hybridized carbons (Fsp3) is 0.417. The first kappa shape index (κ1) is 12.8. The molecule has 1 aliphatic heterocycles. The van der Waals surface area contributed by atoms with Crippen LogP contribution in [0.3, 0.4) is 0 Å². The molecular weight excluding hydrogens is 222 g/mol. The standard InChI is InChI=1S/C12H17N3.ClH/c13-12(14)10-6-2-3-7-11(10)15-8-4-1-5-9-15;/h2-3,6-7H,1,4-5,8-9H2,(H3,13,14);1H. The molecule has 1 aliphatic rings. The lowest BCUT2D eigenvalue weighted by atomic mass is 10.1. The summed E-state index contributed by atoms with van der Waals surface area (Å²) in [5.41, 5.74) is 7.55. The van der Waals surface area contributed by atoms with Gasteiger partial charge in [0.05, 0.1) is 0 Å². The van der Waals surface area contributed by atoms with E-state index in [1.54, 1.807) is 0 Å². The van der Waals surface area contributed by atoms with Crippen LogP contribution in [0.5, 0.6) is 0 Å². The summed E-state index contributed by atoms with van der Waals surface area (Å²) >= 11 is 0. The van der Waals surface area contributed by atoms with Crippen LogP contribution in [0.1, 0.15) is 24.8 Å². The number of anilines is 1. The largest absolute Gasteiger partial charge is 0.384 e. The number of rotatable bonds is 2. The lowest BCUT2D eigenvalue weighted by Gasteiger charge is -2.30. The maximum atomic E-state index is 7.55. The van der Waals surface area contributed by atoms with E-state index in [4.69, 9.17) is 11.1 Å². The number of nitrogens with two attached hydrogens (primary N) is 1. The minimum absolute atomic E-state index is 0. The molecule has 1 heterocycles. The summed E-state index contributed by atoms with van der Waals surface area (Å²) in [6.45, 7) is 2.18. The first-order valence-corrected chi connectivity index (χ1v) is 5.47. The number of piperidine rings is 1. The lowest BCUT2D eigenvalue weighted by molar-refractivity contribution is 0.577. The minimum Gasteiger partial charge on any atom is -0.384 e. The monoisotopic (exact) mass is 239 g/mol. The number of amidine groups is 1. The van der Waals surface area contributed by atoms with Crippen molar-refractivity contribution in [3.63, 3.8) is 0 Å². The Morgan fingerprint density at radius 2 is 1.75 bits per heavy atom. The zero-order valence-corrected chi connectivity index (χ0v) is 10.1. The fourth-order valence-electron chi connectivity index (χ4n) is 2.11. The molecule has 1 saturated heterocycles. The molecule has 0 saturated carbocycles. The maximum absolute atomic E-state index is 7.55. The van der Waals surface area contributed by atoms with Crippen LogP contribution < -0.4 is 10.6 Å². The molecule has 0 amide bonds. The van der Waals surface area contributed by atoms with Crippen molar-refractivity contribution in [2.75, 3.05) is 18.0 Å². The van der Waals surface area contributed by atoms with Gasteiger partial charge in [0.25, 0.3) is 0 Å². The van der Waals surface area contributed by atoms with Gasteiger partial charge in [0.2, 0.25) is 0 Å². The second-order valence-corrected chi connectivity index (χ2v) is 3.98. The van der Waals surface area contributed by atoms with Gasteiger partial charge in [-0.1, -0.05) is 12.1 Å². The third kappa shape index (κ3) is 2.67. The Labute approximate surface area is 103 Å². The summed E-state index contributed by atoms with van der Waals surface area (Å²) in [7, 11) is 0. The van der Waals surface area contributed by atoms with E-state index in [1.807, 2.05) is 18.2 Å². The van der Waals surface area contributed by atoms with Gasteiger partial charge in [-0.3, -0.25) is 5.41 Å². The van der Waals surface area contributed by atoms with Gasteiger partial charge >= 0.3 is 0 Å². The molecule has 0 aliphatic carbocycles. The second kappa shape index (κ2) is 5.75. The Bertz CT molecular complexity index is 359. The number of nitrogens with zero attached hydrogens (tertiary/aromatic N) is 1. The highest BCUT2D eigenvalue weighted by atomic mass is 35.5. The highest BCUT2D eigenvalue weighted by Crippen LogP contribution is 2.23. The molecule has 0 unspecified atom stereocenters. The minimum atomic E-state index is 0. The van der Waals surface area contributed by atoms with Gasteiger partial charge in [-0.25, -0.2) is 0 Å². The van der Waals surface area contributed by atoms with Gasteiger partial charge in [0, 0.05) is 24.3 Å². The number of nitrogen functional groups attached to an aromatic ring is 1. The van der Waals surface area contributed by atoms with E-state index >= 15 is 0 Å². The normalized spacial score (nSPS) is 15.4. The zero-order valence-electron chi connectivity index (χ0n) is 9.28. The van der Waals surface area contributed by atoms with Crippen LogP contribution in [0.2, 0.25) is 0 Å². The van der Waals surface area contributed by atoms with Gasteiger partial charge in [-0.15, -0.1) is 12.4 Å². The molecule has 1 fully saturated rings. The van der Waals surface area contributed by atoms with Crippen molar-refractivity contribution in [1.82, 2.24) is 0 Å². The van der Waals surface area contributed by atoms with Crippen LogP contribution in [0, 0.1) is 5.41 Å². The molecule has 0 spiro atoms. The van der Waals surface area contributed by atoms with Gasteiger partial charge in [-0.05, 0) is 31.4 Å². The Balaban J connectivity index is 0.00000128. The van der Waals surface area contributed by atoms with Crippen LogP contribution in [0.25, 0.3) is 0 Å². The fourth-order valence-corrected chi connectivity index (χ4v) is 2.11. The molecule has 4 heteroatoms. The topological polar surface area (TPSA) is 53.1 Å². The average molecular weight is 240 g/mol. The highest BCUT2D eigenvalue weighted by molar-refractivity contribution is 6.00. The van der Waals surface area contributed by atoms with Crippen molar-refractivity contribution in [3.05, 3.63) is 29.8 Å². The maximum Gasteiger partial charge on any atom is 0.124 e. The van der Waals surface area contributed by atoms with Crippen molar-refractivity contribution < 1.29 is 0 Å². The smallest absolute Gasteiger partial charge is 0.124 e. The molecular formula is C12H18ClN3. The van der Waals surface area contributed by atoms with Crippen molar-refractivity contribution >= 4 is 23.9 Å². The molecule has 1 aromatic rings. The van der Waals surface area contributed by atoms with Crippen molar-refractivity contribution in [2.45, 2.75) is 19.3 Å². The van der Waals surface area contributed by atoms with Gasteiger partial charge in [0.15, 0.2) is 0 Å². The second-order valence-electron chi connectivity index (χ2n) is 3.98. The summed E-state index contributed by atoms with van der Waals surface area (Å²) in [5.74, 6) is 0.163. The van der Waals surface area contributed by atoms with Crippen molar-refractivity contribution in [3.8, 4) is 0 Å². The molecule has 2 rings (SSSR count). The van der Waals surface area contributed by atoms with Gasteiger partial charge < -0.3 is 10.6 Å². The number of nitrogens with one attached hydrogen (secondary N) is 1. The molecule has 3 nitrogen and oxygen atoms in total. The van der Waals surface area contributed by atoms with Crippen LogP contribution in [-0.4, -0.2) is 18.9 Å². The first-order valence-electron chi connectivity index (χ1n) is 5.47. The van der Waals surface area contributed by atoms with Crippen LogP contribution in [0.4, 0.5) is 5.69 Å². The van der Waals surface area contributed by atoms with Crippen LogP contribution in [-0.2, 0) is 0 Å². The molecule has 16 heavy (non-hydrogen) atoms. The van der Waals surface area contributed by atoms with Crippen molar-refractivity contribution in [2.24, 2.45) is 5.73 Å². The number of benzene rings is 1. The molecule has 0 bridgehead atoms. The number of hydrogen-bond acceptors (Lipinski definition) is 2. The van der Waals surface area contributed by atoms with E-state index < -0.39 is 0 Å². The van der Waals surface area contributed by atoms with Gasteiger partial charge in [-0.2, -0.15) is 0 Å². The molecule has 1 aromatic carbocycles. The first-order chi connectivity index (χ1) is 7.29. The third-order valence-corrected chi connectivity index (χ3v) is 2.89. The predicted molar refractivity (Wildman–Crippen MR) is 70.8 cm³/mol. The summed E-state index contributed by atoms with van der Waals surface area (Å²) in [4.78, 5) is 2.33. The Kier molecular flexibility index (Phi) is 4.62. The molecule has 0 radical (unpaired) electrons. The Morgan fingerprint density at radius 1 is 1.12 bits per heavy atom. The van der Waals surface area contributed by atoms with Gasteiger partial charge in [0.1, 0.15) is 5.84 Å². The van der Waals surface area contributed by atoms with E-state index in [-0.39, 0.29) is 18.2 Å². The van der Waals surface area contributed by atoms with E-state index in [2.05, 4.69) is 11.0 Å². The zero-order chi connectivity index (χ0) is 10.7. The Hall–Kier alpha value is -1.22. The van der Waals surface area contributed by atoms with E-state index in [0.29, 0.717) is 0 Å². The van der Waals surface area contributed by atoms with Crippen LogP contribution >= 0.6 is 12.4 Å². The average Bonchev–Trinajstić information content (AvgIpc) is 2.30. The summed E-state index contributed by atoms with van der Waals surface area (Å²) < 4.78 is 0. The third-order valence-electron chi connectivity index (χ3n) is 2.89. The van der Waals surface area contributed by atoms with E-state index in [1.165, 1.54) is 19.3 Å². The van der Waals surface area contributed by atoms with E-state index in [9.17, 15) is 0 Å². The summed E-state index contributed by atoms with van der Waals surface area (Å²) in [6, 6.07) is 7.93. The SMILES string of the molecule is Cl.N=C(N)c1ccccc1N1CCCCC1. The Morgan fingerprint density at radius 3 is 2.38 bits per heavy atom. The van der Waals surface area contributed by atoms with Crippen molar-refractivity contribution in [1.29, 1.82) is 5.41 Å². The molecule has 88 valence electrons. The highest BCUT2D eigenvalue weighted by Gasteiger charge is 2.14. The lowest BCUT2D eigenvalue weighted by Crippen LogP contribution is -2.31. The quantitative estimate of drug-likeness (QED) is 0.615. The number of halogens is 1. The van der Waals surface area contributed by atoms with E-state index in [0.717, 1.165) is 24.3 Å². The predicted octanol–water partition coefficient (Wildman–Crippen LogP) is 2.38. The number of hydrogen-bond donors (Lipinski definition) is 2. The molecule has 3 N–H and O–H groups in total. The molecule has 0 atom stereocenters. The summed E-state index contributed by atoms with van der Waals surface area (Å²) in [6.07, 6.45) is 3.80.